The fraction of sp³-hybridized carbons (Fsp3) is 0.556. The first-order chi connectivity index (χ1) is 10.6. The second kappa shape index (κ2) is 6.26. The monoisotopic (exact) mass is 347 g/mol. The number of hydrogen-bond acceptors (Lipinski definition) is 9. The molecule has 0 amide bonds. The number of hydrogen-bond donors (Lipinski definition) is 3. The summed E-state index contributed by atoms with van der Waals surface area (Å²) in [5.41, 5.74) is 5.93. The molecule has 3 N–H and O–H groups in total. The van der Waals surface area contributed by atoms with Crippen molar-refractivity contribution < 1.29 is 29.3 Å². The van der Waals surface area contributed by atoms with Crippen LogP contribution in [0.25, 0.3) is 10.4 Å². The highest BCUT2D eigenvalue weighted by atomic mass is 31.2. The van der Waals surface area contributed by atoms with Crippen LogP contribution in [0.1, 0.15) is 12.6 Å². The molecule has 23 heavy (non-hydrogen) atoms. The Morgan fingerprint density at radius 1 is 1.57 bits per heavy atom. The summed E-state index contributed by atoms with van der Waals surface area (Å²) in [6, 6.07) is 0. The molecular formula is C9H10N5O8P-2. The fourth-order valence-corrected chi connectivity index (χ4v) is 2.73. The van der Waals surface area contributed by atoms with Crippen LogP contribution < -0.4 is 21.0 Å². The van der Waals surface area contributed by atoms with Gasteiger partial charge in [-0.2, -0.15) is 0 Å². The number of nitrogens with one attached hydrogen (secondary N) is 1. The number of aliphatic hydroxyl groups excluding tert-OH is 2. The van der Waals surface area contributed by atoms with Gasteiger partial charge < -0.3 is 29.3 Å². The van der Waals surface area contributed by atoms with E-state index < -0.39 is 48.8 Å². The van der Waals surface area contributed by atoms with E-state index in [9.17, 15) is 34.2 Å². The first kappa shape index (κ1) is 17.4. The van der Waals surface area contributed by atoms with Crippen LogP contribution in [0.3, 0.4) is 0 Å². The molecule has 1 unspecified atom stereocenters. The lowest BCUT2D eigenvalue weighted by Crippen LogP contribution is -2.40. The molecule has 13 nitrogen and oxygen atoms in total. The predicted octanol–water partition coefficient (Wildman–Crippen LogP) is -2.64. The zero-order chi connectivity index (χ0) is 17.4. The highest BCUT2D eigenvalue weighted by Gasteiger charge is 2.41. The molecule has 1 aromatic rings. The topological polar surface area (TPSA) is 216 Å². The van der Waals surface area contributed by atoms with E-state index in [1.807, 2.05) is 4.98 Å². The van der Waals surface area contributed by atoms with E-state index in [4.69, 9.17) is 10.3 Å². The van der Waals surface area contributed by atoms with Crippen LogP contribution in [0.5, 0.6) is 0 Å². The standard InChI is InChI=1S/C9H12N5O8P/c10-13-12-3-2-14(9(18)11-7(3)16)5-1-4(15)6(22-5)8(17)23(19,20)21/h2,4-6,8,15,17H,1H2,(H,11,16,18)(H2,19,20,21)/p-2/t4-,5+,6-,8?/m0/s1. The zero-order valence-corrected chi connectivity index (χ0v) is 12.1. The molecule has 14 heteroatoms. The van der Waals surface area contributed by atoms with Gasteiger partial charge in [-0.05, 0) is 13.1 Å². The molecule has 2 heterocycles. The minimum absolute atomic E-state index is 0.344. The summed E-state index contributed by atoms with van der Waals surface area (Å²) < 4.78 is 16.6. The number of aromatic amines is 1. The summed E-state index contributed by atoms with van der Waals surface area (Å²) >= 11 is 0. The van der Waals surface area contributed by atoms with E-state index in [-0.39, 0.29) is 6.42 Å². The maximum atomic E-state index is 11.7. The molecule has 0 aliphatic carbocycles. The lowest BCUT2D eigenvalue weighted by atomic mass is 10.2. The molecule has 126 valence electrons. The molecule has 0 radical (unpaired) electrons. The molecule has 0 spiro atoms. The first-order valence-electron chi connectivity index (χ1n) is 6.09. The number of nitrogens with zero attached hydrogens (tertiary/aromatic N) is 4. The highest BCUT2D eigenvalue weighted by Crippen LogP contribution is 2.40. The zero-order valence-electron chi connectivity index (χ0n) is 11.2. The van der Waals surface area contributed by atoms with Gasteiger partial charge in [-0.15, -0.1) is 0 Å². The third-order valence-electron chi connectivity index (χ3n) is 3.17. The average Bonchev–Trinajstić information content (AvgIpc) is 2.81. The SMILES string of the molecule is [N-]=[N+]=Nc1cn([C@H]2C[C@H](O)[C@@H](C(O)P(=O)([O-])[O-])O2)c(=O)[nH]c1=O. The minimum atomic E-state index is -5.44. The van der Waals surface area contributed by atoms with Crippen LogP contribution in [0, 0.1) is 0 Å². The first-order valence-corrected chi connectivity index (χ1v) is 7.70. The van der Waals surface area contributed by atoms with Crippen LogP contribution in [0.2, 0.25) is 0 Å². The Balaban J connectivity index is 2.36. The third-order valence-corrected chi connectivity index (χ3v) is 4.11. The largest absolute Gasteiger partial charge is 0.809 e. The number of aliphatic hydroxyl groups is 2. The summed E-state index contributed by atoms with van der Waals surface area (Å²) in [5.74, 6) is -2.50. The molecule has 0 bridgehead atoms. The lowest BCUT2D eigenvalue weighted by molar-refractivity contribution is -0.326. The van der Waals surface area contributed by atoms with Gasteiger partial charge in [-0.3, -0.25) is 14.3 Å². The van der Waals surface area contributed by atoms with Crippen molar-refractivity contribution in [1.82, 2.24) is 9.55 Å². The van der Waals surface area contributed by atoms with Crippen molar-refractivity contribution >= 4 is 13.3 Å². The van der Waals surface area contributed by atoms with Crippen molar-refractivity contribution in [2.24, 2.45) is 5.11 Å². The summed E-state index contributed by atoms with van der Waals surface area (Å²) in [4.78, 5) is 49.0. The van der Waals surface area contributed by atoms with Gasteiger partial charge in [0, 0.05) is 17.5 Å². The maximum Gasteiger partial charge on any atom is 0.330 e. The van der Waals surface area contributed by atoms with Gasteiger partial charge in [-0.25, -0.2) is 4.79 Å². The average molecular weight is 347 g/mol. The molecule has 1 fully saturated rings. The van der Waals surface area contributed by atoms with Crippen LogP contribution in [0.15, 0.2) is 20.9 Å². The summed E-state index contributed by atoms with van der Waals surface area (Å²) in [6.07, 6.45) is -4.09. The fourth-order valence-electron chi connectivity index (χ4n) is 2.10. The van der Waals surface area contributed by atoms with Crippen LogP contribution in [-0.2, 0) is 9.30 Å². The normalized spacial score (nSPS) is 25.8. The van der Waals surface area contributed by atoms with Gasteiger partial charge >= 0.3 is 5.69 Å². The highest BCUT2D eigenvalue weighted by molar-refractivity contribution is 7.49. The van der Waals surface area contributed by atoms with Gasteiger partial charge in [0.2, 0.25) is 0 Å². The number of H-pyrrole nitrogens is 1. The van der Waals surface area contributed by atoms with Crippen LogP contribution >= 0.6 is 7.60 Å². The molecular weight excluding hydrogens is 337 g/mol. The number of ether oxygens (including phenoxy) is 1. The molecule has 1 saturated heterocycles. The van der Waals surface area contributed by atoms with Gasteiger partial charge in [0.05, 0.1) is 6.10 Å². The summed E-state index contributed by atoms with van der Waals surface area (Å²) in [5, 5.41) is 22.2. The van der Waals surface area contributed by atoms with Crippen molar-refractivity contribution in [3.05, 3.63) is 37.5 Å². The molecule has 0 aromatic carbocycles. The van der Waals surface area contributed by atoms with Gasteiger partial charge in [-0.1, -0.05) is 5.11 Å². The second-order valence-electron chi connectivity index (χ2n) is 4.68. The van der Waals surface area contributed by atoms with Crippen molar-refractivity contribution in [3.8, 4) is 0 Å². The third kappa shape index (κ3) is 3.51. The van der Waals surface area contributed by atoms with Gasteiger partial charge in [0.25, 0.3) is 5.56 Å². The number of azide groups is 1. The van der Waals surface area contributed by atoms with Crippen molar-refractivity contribution in [2.45, 2.75) is 30.7 Å². The Morgan fingerprint density at radius 3 is 2.78 bits per heavy atom. The Kier molecular flexibility index (Phi) is 4.73. The van der Waals surface area contributed by atoms with Crippen molar-refractivity contribution in [1.29, 1.82) is 0 Å². The predicted molar refractivity (Wildman–Crippen MR) is 68.3 cm³/mol. The summed E-state index contributed by atoms with van der Waals surface area (Å²) in [7, 11) is -5.44. The Bertz CT molecular complexity index is 807. The van der Waals surface area contributed by atoms with Crippen molar-refractivity contribution in [2.75, 3.05) is 0 Å². The molecule has 4 atom stereocenters. The summed E-state index contributed by atoms with van der Waals surface area (Å²) in [6.45, 7) is 0. The molecule has 1 aliphatic rings. The molecule has 1 aliphatic heterocycles. The maximum absolute atomic E-state index is 11.7. The number of rotatable bonds is 4. The van der Waals surface area contributed by atoms with Crippen LogP contribution in [-0.4, -0.2) is 37.8 Å². The molecule has 2 rings (SSSR count). The quantitative estimate of drug-likeness (QED) is 0.226. The molecule has 1 aromatic heterocycles. The Labute approximate surface area is 126 Å². The Morgan fingerprint density at radius 2 is 2.22 bits per heavy atom. The van der Waals surface area contributed by atoms with Gasteiger partial charge in [0.15, 0.2) is 0 Å². The van der Waals surface area contributed by atoms with E-state index in [0.29, 0.717) is 0 Å². The van der Waals surface area contributed by atoms with Gasteiger partial charge in [0.1, 0.15) is 23.9 Å². The van der Waals surface area contributed by atoms with E-state index in [1.165, 1.54) is 0 Å². The van der Waals surface area contributed by atoms with E-state index in [1.54, 1.807) is 0 Å². The van der Waals surface area contributed by atoms with E-state index in [2.05, 4.69) is 10.0 Å². The second-order valence-corrected chi connectivity index (χ2v) is 6.29. The van der Waals surface area contributed by atoms with Crippen molar-refractivity contribution in [3.63, 3.8) is 0 Å². The smallest absolute Gasteiger partial charge is 0.330 e. The van der Waals surface area contributed by atoms with E-state index in [0.717, 1.165) is 10.8 Å². The Hall–Kier alpha value is -1.98. The lowest BCUT2D eigenvalue weighted by Gasteiger charge is -2.38. The minimum Gasteiger partial charge on any atom is -0.809 e. The number of aromatic nitrogens is 2. The molecule has 0 saturated carbocycles. The van der Waals surface area contributed by atoms with E-state index >= 15 is 0 Å². The van der Waals surface area contributed by atoms with Crippen LogP contribution in [0.4, 0.5) is 5.69 Å².